The van der Waals surface area contributed by atoms with E-state index in [1.165, 1.54) is 12.3 Å². The molecule has 0 bridgehead atoms. The first-order valence-electron chi connectivity index (χ1n) is 7.55. The lowest BCUT2D eigenvalue weighted by atomic mass is 10.0. The van der Waals surface area contributed by atoms with Crippen molar-refractivity contribution in [3.63, 3.8) is 0 Å². The van der Waals surface area contributed by atoms with Crippen molar-refractivity contribution in [2.75, 3.05) is 5.32 Å². The lowest BCUT2D eigenvalue weighted by Gasteiger charge is -2.17. The van der Waals surface area contributed by atoms with Crippen LogP contribution in [-0.4, -0.2) is 18.0 Å². The molecule has 1 aromatic carbocycles. The van der Waals surface area contributed by atoms with Crippen LogP contribution >= 0.6 is 0 Å². The van der Waals surface area contributed by atoms with Crippen molar-refractivity contribution in [1.29, 1.82) is 0 Å². The van der Waals surface area contributed by atoms with Gasteiger partial charge in [0.25, 0.3) is 5.91 Å². The van der Waals surface area contributed by atoms with Crippen LogP contribution in [0.25, 0.3) is 0 Å². The third kappa shape index (κ3) is 4.00. The van der Waals surface area contributed by atoms with E-state index in [1.54, 1.807) is 13.8 Å². The molecule has 0 unspecified atom stereocenters. The number of para-hydroxylation sites is 1. The predicted molar refractivity (Wildman–Crippen MR) is 87.5 cm³/mol. The quantitative estimate of drug-likeness (QED) is 0.850. The standard InChI is InChI=1S/C18H21NO4/c1-11(2)14-7-5-6-8-16(14)19-17(20)13(4)23-18(21)15-9-10-22-12(15)3/h5-11,13H,1-4H3,(H,19,20)/t13-/m1/s1. The molecule has 2 aromatic rings. The molecule has 0 spiro atoms. The molecule has 0 aliphatic rings. The van der Waals surface area contributed by atoms with E-state index in [9.17, 15) is 9.59 Å². The fourth-order valence-corrected chi connectivity index (χ4v) is 2.22. The van der Waals surface area contributed by atoms with Gasteiger partial charge in [-0.3, -0.25) is 4.79 Å². The highest BCUT2D eigenvalue weighted by molar-refractivity contribution is 5.98. The lowest BCUT2D eigenvalue weighted by molar-refractivity contribution is -0.123. The van der Waals surface area contributed by atoms with Gasteiger partial charge in [-0.05, 0) is 37.5 Å². The summed E-state index contributed by atoms with van der Waals surface area (Å²) < 4.78 is 10.3. The van der Waals surface area contributed by atoms with Crippen molar-refractivity contribution in [1.82, 2.24) is 0 Å². The van der Waals surface area contributed by atoms with E-state index in [1.807, 2.05) is 24.3 Å². The van der Waals surface area contributed by atoms with Crippen LogP contribution in [0.4, 0.5) is 5.69 Å². The third-order valence-corrected chi connectivity index (χ3v) is 3.57. The minimum Gasteiger partial charge on any atom is -0.469 e. The van der Waals surface area contributed by atoms with Crippen LogP contribution in [0.5, 0.6) is 0 Å². The summed E-state index contributed by atoms with van der Waals surface area (Å²) >= 11 is 0. The summed E-state index contributed by atoms with van der Waals surface area (Å²) in [5, 5.41) is 2.82. The molecule has 5 nitrogen and oxygen atoms in total. The first-order valence-corrected chi connectivity index (χ1v) is 7.55. The zero-order valence-corrected chi connectivity index (χ0v) is 13.8. The maximum atomic E-state index is 12.3. The molecule has 2 rings (SSSR count). The molecular formula is C18H21NO4. The van der Waals surface area contributed by atoms with Crippen LogP contribution in [0.15, 0.2) is 41.0 Å². The van der Waals surface area contributed by atoms with E-state index in [0.717, 1.165) is 11.3 Å². The van der Waals surface area contributed by atoms with Crippen molar-refractivity contribution in [2.45, 2.75) is 39.7 Å². The molecule has 0 aliphatic carbocycles. The van der Waals surface area contributed by atoms with Crippen molar-refractivity contribution in [3.05, 3.63) is 53.5 Å². The number of anilines is 1. The van der Waals surface area contributed by atoms with Crippen molar-refractivity contribution in [3.8, 4) is 0 Å². The van der Waals surface area contributed by atoms with Crippen molar-refractivity contribution >= 4 is 17.6 Å². The summed E-state index contributed by atoms with van der Waals surface area (Å²) in [6.07, 6.45) is 0.507. The van der Waals surface area contributed by atoms with E-state index in [2.05, 4.69) is 19.2 Å². The fraction of sp³-hybridized carbons (Fsp3) is 0.333. The molecule has 1 amide bonds. The highest BCUT2D eigenvalue weighted by atomic mass is 16.5. The van der Waals surface area contributed by atoms with E-state index in [-0.39, 0.29) is 11.8 Å². The third-order valence-electron chi connectivity index (χ3n) is 3.57. The molecule has 1 N–H and O–H groups in total. The summed E-state index contributed by atoms with van der Waals surface area (Å²) in [5.74, 6) is -0.200. The van der Waals surface area contributed by atoms with E-state index >= 15 is 0 Å². The number of hydrogen-bond donors (Lipinski definition) is 1. The molecule has 122 valence electrons. The van der Waals surface area contributed by atoms with Gasteiger partial charge in [-0.25, -0.2) is 4.79 Å². The van der Waals surface area contributed by atoms with Gasteiger partial charge in [0.1, 0.15) is 11.3 Å². The maximum Gasteiger partial charge on any atom is 0.342 e. The van der Waals surface area contributed by atoms with Gasteiger partial charge in [0.05, 0.1) is 6.26 Å². The van der Waals surface area contributed by atoms with Gasteiger partial charge < -0.3 is 14.5 Å². The molecule has 0 saturated heterocycles. The average molecular weight is 315 g/mol. The molecule has 0 saturated carbocycles. The van der Waals surface area contributed by atoms with Gasteiger partial charge in [-0.1, -0.05) is 32.0 Å². The summed E-state index contributed by atoms with van der Waals surface area (Å²) in [4.78, 5) is 24.3. The van der Waals surface area contributed by atoms with Crippen LogP contribution in [0.3, 0.4) is 0 Å². The molecule has 1 atom stereocenters. The SMILES string of the molecule is Cc1occc1C(=O)O[C@H](C)C(=O)Nc1ccccc1C(C)C. The monoisotopic (exact) mass is 315 g/mol. The molecule has 1 heterocycles. The predicted octanol–water partition coefficient (Wildman–Crippen LogP) is 3.90. The molecular weight excluding hydrogens is 294 g/mol. The van der Waals surface area contributed by atoms with Crippen LogP contribution in [0.2, 0.25) is 0 Å². The molecule has 0 radical (unpaired) electrons. The topological polar surface area (TPSA) is 68.5 Å². The summed E-state index contributed by atoms with van der Waals surface area (Å²) in [5.41, 5.74) is 2.09. The Hall–Kier alpha value is -2.56. The normalized spacial score (nSPS) is 12.0. The van der Waals surface area contributed by atoms with Gasteiger partial charge in [0, 0.05) is 5.69 Å². The molecule has 0 aliphatic heterocycles. The second kappa shape index (κ2) is 7.13. The Balaban J connectivity index is 2.04. The Morgan fingerprint density at radius 3 is 2.43 bits per heavy atom. The van der Waals surface area contributed by atoms with E-state index in [0.29, 0.717) is 11.3 Å². The minimum absolute atomic E-state index is 0.276. The van der Waals surface area contributed by atoms with Crippen molar-refractivity contribution in [2.24, 2.45) is 0 Å². The Morgan fingerprint density at radius 1 is 1.13 bits per heavy atom. The van der Waals surface area contributed by atoms with E-state index < -0.39 is 12.1 Å². The molecule has 5 heteroatoms. The second-order valence-corrected chi connectivity index (χ2v) is 5.67. The Bertz CT molecular complexity index is 703. The van der Waals surface area contributed by atoms with Crippen LogP contribution in [-0.2, 0) is 9.53 Å². The van der Waals surface area contributed by atoms with Gasteiger partial charge in [-0.15, -0.1) is 0 Å². The molecule has 1 aromatic heterocycles. The first kappa shape index (κ1) is 16.8. The first-order chi connectivity index (χ1) is 10.9. The number of amides is 1. The van der Waals surface area contributed by atoms with Crippen LogP contribution in [0, 0.1) is 6.92 Å². The summed E-state index contributed by atoms with van der Waals surface area (Å²) in [7, 11) is 0. The number of rotatable bonds is 5. The van der Waals surface area contributed by atoms with Gasteiger partial charge in [0.15, 0.2) is 6.10 Å². The minimum atomic E-state index is -0.906. The number of carbonyl (C=O) groups is 2. The number of furan rings is 1. The summed E-state index contributed by atoms with van der Waals surface area (Å²) in [6.45, 7) is 7.31. The second-order valence-electron chi connectivity index (χ2n) is 5.67. The van der Waals surface area contributed by atoms with Gasteiger partial charge in [0.2, 0.25) is 0 Å². The smallest absolute Gasteiger partial charge is 0.342 e. The Labute approximate surface area is 135 Å². The number of hydrogen-bond acceptors (Lipinski definition) is 4. The highest BCUT2D eigenvalue weighted by Crippen LogP contribution is 2.24. The van der Waals surface area contributed by atoms with Gasteiger partial charge >= 0.3 is 5.97 Å². The average Bonchev–Trinajstić information content (AvgIpc) is 2.93. The zero-order valence-electron chi connectivity index (χ0n) is 13.8. The molecule has 23 heavy (non-hydrogen) atoms. The number of esters is 1. The summed E-state index contributed by atoms with van der Waals surface area (Å²) in [6, 6.07) is 9.10. The van der Waals surface area contributed by atoms with E-state index in [4.69, 9.17) is 9.15 Å². The lowest BCUT2D eigenvalue weighted by Crippen LogP contribution is -2.30. The number of nitrogens with one attached hydrogen (secondary N) is 1. The number of ether oxygens (including phenoxy) is 1. The van der Waals surface area contributed by atoms with Gasteiger partial charge in [-0.2, -0.15) is 0 Å². The number of carbonyl (C=O) groups excluding carboxylic acids is 2. The highest BCUT2D eigenvalue weighted by Gasteiger charge is 2.22. The zero-order chi connectivity index (χ0) is 17.0. The van der Waals surface area contributed by atoms with Crippen LogP contribution < -0.4 is 5.32 Å². The number of aryl methyl sites for hydroxylation is 1. The van der Waals surface area contributed by atoms with Crippen LogP contribution in [0.1, 0.15) is 48.4 Å². The fourth-order valence-electron chi connectivity index (χ4n) is 2.22. The Kier molecular flexibility index (Phi) is 5.21. The maximum absolute atomic E-state index is 12.3. The van der Waals surface area contributed by atoms with Crippen molar-refractivity contribution < 1.29 is 18.7 Å². The largest absolute Gasteiger partial charge is 0.469 e. The number of benzene rings is 1. The Morgan fingerprint density at radius 2 is 1.83 bits per heavy atom. The molecule has 0 fully saturated rings.